The number of hydrogen-bond acceptors (Lipinski definition) is 5. The number of aliphatic hydroxyl groups is 1. The zero-order chi connectivity index (χ0) is 16.4. The minimum Gasteiger partial charge on any atom is -0.387 e. The molecule has 1 aromatic heterocycles. The van der Waals surface area contributed by atoms with Gasteiger partial charge in [0.2, 0.25) is 0 Å². The monoisotopic (exact) mass is 314 g/mol. The van der Waals surface area contributed by atoms with Gasteiger partial charge in [0.05, 0.1) is 17.2 Å². The van der Waals surface area contributed by atoms with Crippen molar-refractivity contribution in [1.29, 1.82) is 0 Å². The van der Waals surface area contributed by atoms with E-state index in [4.69, 9.17) is 0 Å². The van der Waals surface area contributed by atoms with Gasteiger partial charge in [-0.3, -0.25) is 19.7 Å². The van der Waals surface area contributed by atoms with Crippen LogP contribution in [0.5, 0.6) is 0 Å². The van der Waals surface area contributed by atoms with Gasteiger partial charge in [0.1, 0.15) is 0 Å². The molecule has 0 aliphatic carbocycles. The van der Waals surface area contributed by atoms with Crippen molar-refractivity contribution in [3.63, 3.8) is 0 Å². The van der Waals surface area contributed by atoms with Gasteiger partial charge in [0.15, 0.2) is 0 Å². The molecule has 3 rings (SSSR count). The van der Waals surface area contributed by atoms with E-state index < -0.39 is 6.10 Å². The lowest BCUT2D eigenvalue weighted by molar-refractivity contribution is -0.385. The first-order chi connectivity index (χ1) is 11.0. The number of nitrogens with zero attached hydrogens (tertiary/aromatic N) is 4. The molecule has 23 heavy (non-hydrogen) atoms. The molecule has 0 unspecified atom stereocenters. The molecule has 1 aromatic carbocycles. The van der Waals surface area contributed by atoms with Gasteiger partial charge < -0.3 is 5.11 Å². The van der Waals surface area contributed by atoms with E-state index in [-0.39, 0.29) is 10.6 Å². The SMILES string of the molecule is Cn1cc(C2=CCN(Cc3ccccc3[N+](=O)[O-])C[C@@H]2O)cn1. The van der Waals surface area contributed by atoms with E-state index in [0.29, 0.717) is 25.2 Å². The number of hydrogen-bond donors (Lipinski definition) is 1. The second-order valence-corrected chi connectivity index (χ2v) is 5.66. The van der Waals surface area contributed by atoms with Crippen LogP contribution in [0.1, 0.15) is 11.1 Å². The van der Waals surface area contributed by atoms with Crippen LogP contribution in [0, 0.1) is 10.1 Å². The maximum Gasteiger partial charge on any atom is 0.273 e. The van der Waals surface area contributed by atoms with Crippen molar-refractivity contribution in [3.8, 4) is 0 Å². The maximum atomic E-state index is 11.1. The number of nitro benzene ring substituents is 1. The Bertz CT molecular complexity index is 753. The summed E-state index contributed by atoms with van der Waals surface area (Å²) >= 11 is 0. The zero-order valence-corrected chi connectivity index (χ0v) is 12.8. The molecule has 2 heterocycles. The summed E-state index contributed by atoms with van der Waals surface area (Å²) in [7, 11) is 1.83. The van der Waals surface area contributed by atoms with Crippen LogP contribution in [0.2, 0.25) is 0 Å². The molecule has 120 valence electrons. The van der Waals surface area contributed by atoms with Crippen molar-refractivity contribution in [3.05, 3.63) is 64.0 Å². The summed E-state index contributed by atoms with van der Waals surface area (Å²) in [5.74, 6) is 0. The Morgan fingerprint density at radius 2 is 2.22 bits per heavy atom. The molecule has 1 aliphatic heterocycles. The number of aromatic nitrogens is 2. The van der Waals surface area contributed by atoms with E-state index in [1.54, 1.807) is 29.1 Å². The average molecular weight is 314 g/mol. The van der Waals surface area contributed by atoms with Gasteiger partial charge >= 0.3 is 0 Å². The number of nitro groups is 1. The quantitative estimate of drug-likeness (QED) is 0.684. The highest BCUT2D eigenvalue weighted by Crippen LogP contribution is 2.25. The van der Waals surface area contributed by atoms with Gasteiger partial charge in [-0.2, -0.15) is 5.10 Å². The molecule has 1 atom stereocenters. The van der Waals surface area contributed by atoms with Crippen molar-refractivity contribution in [2.75, 3.05) is 13.1 Å². The fourth-order valence-corrected chi connectivity index (χ4v) is 2.85. The first kappa shape index (κ1) is 15.4. The fraction of sp³-hybridized carbons (Fsp3) is 0.312. The summed E-state index contributed by atoms with van der Waals surface area (Å²) in [4.78, 5) is 12.7. The first-order valence-corrected chi connectivity index (χ1v) is 7.36. The summed E-state index contributed by atoms with van der Waals surface area (Å²) in [6.07, 6.45) is 4.93. The molecule has 0 saturated carbocycles. The van der Waals surface area contributed by atoms with Crippen LogP contribution in [0.15, 0.2) is 42.7 Å². The van der Waals surface area contributed by atoms with Gasteiger partial charge in [0.25, 0.3) is 5.69 Å². The minimum atomic E-state index is -0.629. The molecule has 0 radical (unpaired) electrons. The first-order valence-electron chi connectivity index (χ1n) is 7.36. The Hall–Kier alpha value is -2.51. The number of aryl methyl sites for hydroxylation is 1. The van der Waals surface area contributed by atoms with Crippen molar-refractivity contribution in [2.45, 2.75) is 12.6 Å². The fourth-order valence-electron chi connectivity index (χ4n) is 2.85. The maximum absolute atomic E-state index is 11.1. The standard InChI is InChI=1S/C16H18N4O3/c1-18-9-13(8-17-18)14-6-7-19(11-16(14)21)10-12-4-2-3-5-15(12)20(22)23/h2-6,8-9,16,21H,7,10-11H2,1H3/t16-/m0/s1. The van der Waals surface area contributed by atoms with E-state index in [1.807, 2.05) is 24.2 Å². The Morgan fingerprint density at radius 3 is 2.87 bits per heavy atom. The summed E-state index contributed by atoms with van der Waals surface area (Å²) in [5, 5.41) is 25.6. The van der Waals surface area contributed by atoms with Crippen LogP contribution < -0.4 is 0 Å². The molecule has 2 aromatic rings. The molecule has 1 N–H and O–H groups in total. The van der Waals surface area contributed by atoms with E-state index in [0.717, 1.165) is 11.1 Å². The second kappa shape index (κ2) is 6.31. The van der Waals surface area contributed by atoms with Crippen LogP contribution in [-0.2, 0) is 13.6 Å². The van der Waals surface area contributed by atoms with Gasteiger partial charge in [-0.05, 0) is 5.57 Å². The highest BCUT2D eigenvalue weighted by atomic mass is 16.6. The van der Waals surface area contributed by atoms with Gasteiger partial charge in [0, 0.05) is 50.1 Å². The Labute approximate surface area is 133 Å². The normalized spacial score (nSPS) is 18.7. The van der Waals surface area contributed by atoms with E-state index in [2.05, 4.69) is 5.10 Å². The van der Waals surface area contributed by atoms with Gasteiger partial charge in [-0.25, -0.2) is 0 Å². The van der Waals surface area contributed by atoms with Crippen LogP contribution in [0.3, 0.4) is 0 Å². The Balaban J connectivity index is 1.75. The topological polar surface area (TPSA) is 84.4 Å². The predicted octanol–water partition coefficient (Wildman–Crippen LogP) is 1.59. The number of rotatable bonds is 4. The van der Waals surface area contributed by atoms with Crippen molar-refractivity contribution < 1.29 is 10.0 Å². The lowest BCUT2D eigenvalue weighted by atomic mass is 9.99. The largest absolute Gasteiger partial charge is 0.387 e. The second-order valence-electron chi connectivity index (χ2n) is 5.66. The average Bonchev–Trinajstić information content (AvgIpc) is 2.94. The van der Waals surface area contributed by atoms with Crippen molar-refractivity contribution >= 4 is 11.3 Å². The summed E-state index contributed by atoms with van der Waals surface area (Å²) < 4.78 is 1.70. The number of β-amino-alcohol motifs (C(OH)–C–C–N with tert-alkyl or cyclic N) is 1. The smallest absolute Gasteiger partial charge is 0.273 e. The molecule has 0 spiro atoms. The molecule has 7 nitrogen and oxygen atoms in total. The van der Waals surface area contributed by atoms with E-state index in [1.165, 1.54) is 6.07 Å². The van der Waals surface area contributed by atoms with Crippen LogP contribution in [-0.4, -0.2) is 43.9 Å². The summed E-state index contributed by atoms with van der Waals surface area (Å²) in [5.41, 5.74) is 2.54. The molecule has 1 aliphatic rings. The van der Waals surface area contributed by atoms with Crippen molar-refractivity contribution in [1.82, 2.24) is 14.7 Å². The van der Waals surface area contributed by atoms with Gasteiger partial charge in [-0.1, -0.05) is 24.3 Å². The van der Waals surface area contributed by atoms with Crippen LogP contribution in [0.4, 0.5) is 5.69 Å². The lowest BCUT2D eigenvalue weighted by Crippen LogP contribution is -2.37. The Morgan fingerprint density at radius 1 is 1.43 bits per heavy atom. The third-order valence-corrected chi connectivity index (χ3v) is 3.98. The van der Waals surface area contributed by atoms with E-state index >= 15 is 0 Å². The highest BCUT2D eigenvalue weighted by molar-refractivity contribution is 5.68. The molecular formula is C16H18N4O3. The third kappa shape index (κ3) is 3.30. The minimum absolute atomic E-state index is 0.115. The summed E-state index contributed by atoms with van der Waals surface area (Å²) in [6.45, 7) is 1.51. The Kier molecular flexibility index (Phi) is 4.22. The molecule has 7 heteroatoms. The molecule has 0 bridgehead atoms. The molecule has 0 fully saturated rings. The summed E-state index contributed by atoms with van der Waals surface area (Å²) in [6, 6.07) is 6.71. The van der Waals surface area contributed by atoms with Crippen LogP contribution in [0.25, 0.3) is 5.57 Å². The molecular weight excluding hydrogens is 296 g/mol. The van der Waals surface area contributed by atoms with E-state index in [9.17, 15) is 15.2 Å². The van der Waals surface area contributed by atoms with Crippen molar-refractivity contribution in [2.24, 2.45) is 7.05 Å². The third-order valence-electron chi connectivity index (χ3n) is 3.98. The number of aliphatic hydroxyl groups excluding tert-OH is 1. The lowest BCUT2D eigenvalue weighted by Gasteiger charge is -2.29. The molecule has 0 amide bonds. The van der Waals surface area contributed by atoms with Crippen LogP contribution >= 0.6 is 0 Å². The predicted molar refractivity (Wildman–Crippen MR) is 85.6 cm³/mol. The van der Waals surface area contributed by atoms with Gasteiger partial charge in [-0.15, -0.1) is 0 Å². The molecule has 0 saturated heterocycles. The number of benzene rings is 1. The zero-order valence-electron chi connectivity index (χ0n) is 12.8. The highest BCUT2D eigenvalue weighted by Gasteiger charge is 2.24. The number of para-hydroxylation sites is 1.